The van der Waals surface area contributed by atoms with Crippen molar-refractivity contribution in [2.45, 2.75) is 39.4 Å². The lowest BCUT2D eigenvalue weighted by Crippen LogP contribution is -2.51. The highest BCUT2D eigenvalue weighted by Crippen LogP contribution is 2.34. The maximum Gasteiger partial charge on any atom is 0.418 e. The smallest absolute Gasteiger partial charge is 0.383 e. The van der Waals surface area contributed by atoms with Gasteiger partial charge in [0.05, 0.1) is 11.1 Å². The van der Waals surface area contributed by atoms with Crippen LogP contribution in [0.2, 0.25) is 0 Å². The van der Waals surface area contributed by atoms with E-state index in [0.29, 0.717) is 36.9 Å². The van der Waals surface area contributed by atoms with Gasteiger partial charge in [-0.2, -0.15) is 13.2 Å². The highest BCUT2D eigenvalue weighted by atomic mass is 19.4. The zero-order chi connectivity index (χ0) is 22.1. The number of carbonyl (C=O) groups excluding carboxylic acids is 1. The quantitative estimate of drug-likeness (QED) is 0.697. The first-order valence-corrected chi connectivity index (χ1v) is 9.89. The highest BCUT2D eigenvalue weighted by Gasteiger charge is 2.37. The van der Waals surface area contributed by atoms with Crippen molar-refractivity contribution in [3.8, 4) is 0 Å². The molecule has 0 spiro atoms. The number of alkyl halides is 3. The standard InChI is InChI=1S/C21H26F3N5O.3H2/c1-12(2)8-14-11-29(7-6-26-14)17-5-4-16(21(22,23)24)18(28-17)19(30)15-9-13(3)10-27-20(15)25;;;/h4-5,9-10,12,14,26H,6-8,11H2,1-3H3,(H2,25,27);3*1H/t14-;;;/m0.../s1. The van der Waals surface area contributed by atoms with Crippen LogP contribution in [-0.4, -0.2) is 41.4 Å². The Morgan fingerprint density at radius 2 is 2.13 bits per heavy atom. The summed E-state index contributed by atoms with van der Waals surface area (Å²) in [6, 6.07) is 3.89. The number of ketones is 1. The molecule has 1 atom stereocenters. The van der Waals surface area contributed by atoms with Gasteiger partial charge in [-0.3, -0.25) is 4.79 Å². The van der Waals surface area contributed by atoms with E-state index < -0.39 is 23.2 Å². The Morgan fingerprint density at radius 1 is 1.40 bits per heavy atom. The Bertz CT molecular complexity index is 944. The van der Waals surface area contributed by atoms with Crippen LogP contribution in [0.3, 0.4) is 0 Å². The number of halogens is 3. The molecule has 9 heteroatoms. The Balaban J connectivity index is 0.00000341. The van der Waals surface area contributed by atoms with Crippen LogP contribution in [0.1, 0.15) is 51.7 Å². The largest absolute Gasteiger partial charge is 0.418 e. The van der Waals surface area contributed by atoms with E-state index in [1.165, 1.54) is 18.3 Å². The molecule has 3 N–H and O–H groups in total. The summed E-state index contributed by atoms with van der Waals surface area (Å²) in [5, 5.41) is 3.42. The van der Waals surface area contributed by atoms with Gasteiger partial charge in [0, 0.05) is 36.2 Å². The van der Waals surface area contributed by atoms with Gasteiger partial charge in [-0.25, -0.2) is 9.97 Å². The van der Waals surface area contributed by atoms with Crippen LogP contribution in [0, 0.1) is 12.8 Å². The van der Waals surface area contributed by atoms with Crippen LogP contribution >= 0.6 is 0 Å². The predicted molar refractivity (Wildman–Crippen MR) is 116 cm³/mol. The summed E-state index contributed by atoms with van der Waals surface area (Å²) >= 11 is 0. The number of nitrogens with one attached hydrogen (secondary N) is 1. The summed E-state index contributed by atoms with van der Waals surface area (Å²) in [6.07, 6.45) is -2.32. The van der Waals surface area contributed by atoms with E-state index >= 15 is 0 Å². The van der Waals surface area contributed by atoms with Gasteiger partial charge in [0.15, 0.2) is 0 Å². The maximum atomic E-state index is 13.6. The minimum absolute atomic E-state index is 0. The van der Waals surface area contributed by atoms with Gasteiger partial charge in [-0.15, -0.1) is 0 Å². The molecule has 0 amide bonds. The van der Waals surface area contributed by atoms with Gasteiger partial charge < -0.3 is 16.0 Å². The van der Waals surface area contributed by atoms with Crippen LogP contribution < -0.4 is 16.0 Å². The molecule has 0 aliphatic carbocycles. The first kappa shape index (κ1) is 22.0. The molecule has 1 aliphatic rings. The van der Waals surface area contributed by atoms with E-state index in [-0.39, 0.29) is 21.7 Å². The third-order valence-electron chi connectivity index (χ3n) is 5.04. The van der Waals surface area contributed by atoms with Crippen molar-refractivity contribution in [2.75, 3.05) is 30.3 Å². The molecule has 3 heterocycles. The predicted octanol–water partition coefficient (Wildman–Crippen LogP) is 4.18. The minimum atomic E-state index is -4.72. The monoisotopic (exact) mass is 427 g/mol. The van der Waals surface area contributed by atoms with Crippen LogP contribution in [-0.2, 0) is 6.18 Å². The number of pyridine rings is 2. The second kappa shape index (κ2) is 8.59. The number of nitrogens with two attached hydrogens (primary N) is 1. The molecule has 0 radical (unpaired) electrons. The van der Waals surface area contributed by atoms with Gasteiger partial charge in [-0.05, 0) is 43.0 Å². The van der Waals surface area contributed by atoms with Gasteiger partial charge in [-0.1, -0.05) is 13.8 Å². The second-order valence-electron chi connectivity index (χ2n) is 8.06. The average molecular weight is 428 g/mol. The Labute approximate surface area is 178 Å². The van der Waals surface area contributed by atoms with Crippen molar-refractivity contribution >= 4 is 17.4 Å². The van der Waals surface area contributed by atoms with E-state index in [2.05, 4.69) is 29.1 Å². The summed E-state index contributed by atoms with van der Waals surface area (Å²) in [6.45, 7) is 7.82. The third-order valence-corrected chi connectivity index (χ3v) is 5.04. The summed E-state index contributed by atoms with van der Waals surface area (Å²) in [5.74, 6) is -0.172. The number of hydrogen-bond acceptors (Lipinski definition) is 6. The molecule has 1 fully saturated rings. The van der Waals surface area contributed by atoms with Gasteiger partial charge in [0.25, 0.3) is 0 Å². The number of aryl methyl sites for hydroxylation is 1. The molecule has 0 unspecified atom stereocenters. The number of piperazine rings is 1. The number of hydrogen-bond donors (Lipinski definition) is 2. The number of nitrogen functional groups attached to an aromatic ring is 1. The van der Waals surface area contributed by atoms with Crippen molar-refractivity contribution < 1.29 is 22.2 Å². The van der Waals surface area contributed by atoms with Gasteiger partial charge >= 0.3 is 6.18 Å². The average Bonchev–Trinajstić information content (AvgIpc) is 2.68. The molecule has 1 saturated heterocycles. The van der Waals surface area contributed by atoms with Crippen molar-refractivity contribution in [3.63, 3.8) is 0 Å². The number of rotatable bonds is 5. The zero-order valence-corrected chi connectivity index (χ0v) is 17.3. The fourth-order valence-corrected chi connectivity index (χ4v) is 3.68. The van der Waals surface area contributed by atoms with Crippen LogP contribution in [0.25, 0.3) is 0 Å². The van der Waals surface area contributed by atoms with Crippen molar-refractivity contribution in [3.05, 3.63) is 46.8 Å². The molecule has 0 saturated carbocycles. The summed E-state index contributed by atoms with van der Waals surface area (Å²) in [5.41, 5.74) is 4.58. The molecule has 1 aliphatic heterocycles. The molecule has 2 aromatic rings. The molecular weight excluding hydrogens is 395 g/mol. The maximum absolute atomic E-state index is 13.6. The molecule has 0 aromatic carbocycles. The fourth-order valence-electron chi connectivity index (χ4n) is 3.68. The Morgan fingerprint density at radius 3 is 2.80 bits per heavy atom. The van der Waals surface area contributed by atoms with E-state index in [9.17, 15) is 18.0 Å². The van der Waals surface area contributed by atoms with Crippen LogP contribution in [0.15, 0.2) is 24.4 Å². The van der Waals surface area contributed by atoms with E-state index in [1.54, 1.807) is 6.92 Å². The normalized spacial score (nSPS) is 17.4. The number of nitrogens with zero attached hydrogens (tertiary/aromatic N) is 3. The molecule has 3 rings (SSSR count). The molecule has 2 aromatic heterocycles. The highest BCUT2D eigenvalue weighted by molar-refractivity contribution is 6.11. The van der Waals surface area contributed by atoms with Crippen molar-refractivity contribution in [1.29, 1.82) is 0 Å². The zero-order valence-electron chi connectivity index (χ0n) is 17.3. The number of carbonyl (C=O) groups is 1. The van der Waals surface area contributed by atoms with Gasteiger partial charge in [0.2, 0.25) is 5.78 Å². The first-order valence-electron chi connectivity index (χ1n) is 9.89. The molecule has 30 heavy (non-hydrogen) atoms. The van der Waals surface area contributed by atoms with Crippen molar-refractivity contribution in [1.82, 2.24) is 15.3 Å². The Hall–Kier alpha value is -2.68. The number of anilines is 2. The third kappa shape index (κ3) is 4.89. The second-order valence-corrected chi connectivity index (χ2v) is 8.06. The lowest BCUT2D eigenvalue weighted by atomic mass is 10.0. The first-order chi connectivity index (χ1) is 14.1. The van der Waals surface area contributed by atoms with Crippen LogP contribution in [0.4, 0.5) is 24.8 Å². The molecular formula is C21H32F3N5O. The topological polar surface area (TPSA) is 84.1 Å². The fraction of sp³-hybridized carbons (Fsp3) is 0.476. The summed E-state index contributed by atoms with van der Waals surface area (Å²) in [7, 11) is 0. The van der Waals surface area contributed by atoms with E-state index in [0.717, 1.165) is 12.5 Å². The number of aromatic nitrogens is 2. The Kier molecular flexibility index (Phi) is 6.30. The molecule has 6 nitrogen and oxygen atoms in total. The lowest BCUT2D eigenvalue weighted by Gasteiger charge is -2.35. The molecule has 168 valence electrons. The molecule has 0 bridgehead atoms. The minimum Gasteiger partial charge on any atom is -0.383 e. The van der Waals surface area contributed by atoms with E-state index in [1.807, 2.05) is 4.90 Å². The summed E-state index contributed by atoms with van der Waals surface area (Å²) < 4.78 is 40.9. The van der Waals surface area contributed by atoms with E-state index in [4.69, 9.17) is 5.73 Å². The SMILES string of the molecule is Cc1cnc(N)c(C(=O)c2nc(N3CCN[C@@H](CC(C)C)C3)ccc2C(F)(F)F)c1.[HH].[HH].[HH]. The lowest BCUT2D eigenvalue weighted by molar-refractivity contribution is -0.138. The van der Waals surface area contributed by atoms with Crippen molar-refractivity contribution in [2.24, 2.45) is 5.92 Å². The van der Waals surface area contributed by atoms with Gasteiger partial charge in [0.1, 0.15) is 17.3 Å². The summed E-state index contributed by atoms with van der Waals surface area (Å²) in [4.78, 5) is 23.0. The van der Waals surface area contributed by atoms with Crippen LogP contribution in [0.5, 0.6) is 0 Å².